The van der Waals surface area contributed by atoms with Crippen LogP contribution in [0, 0.1) is 5.92 Å². The Bertz CT molecular complexity index is 118. The third-order valence-electron chi connectivity index (χ3n) is 1.59. The zero-order chi connectivity index (χ0) is 6.91. The summed E-state index contributed by atoms with van der Waals surface area (Å²) in [6.45, 7) is 2.37. The number of ether oxygens (including phenoxy) is 1. The topological polar surface area (TPSA) is 26.3 Å². The summed E-state index contributed by atoms with van der Waals surface area (Å²) in [7, 11) is 0. The number of carbonyl (C=O) groups is 1. The van der Waals surface area contributed by atoms with Gasteiger partial charge in [-0.1, -0.05) is 0 Å². The minimum Gasteiger partial charge on any atom is -0.450 e. The maximum absolute atomic E-state index is 9.90. The molecule has 0 amide bonds. The zero-order valence-corrected chi connectivity index (χ0v) is 6.85. The van der Waals surface area contributed by atoms with Crippen LogP contribution in [-0.2, 0) is 9.53 Å². The summed E-state index contributed by atoms with van der Waals surface area (Å²) in [4.78, 5) is 9.90. The minimum atomic E-state index is -0.394. The van der Waals surface area contributed by atoms with E-state index in [1.165, 1.54) is 0 Å². The molecule has 3 heteroatoms. The third-order valence-corrected chi connectivity index (χ3v) is 2.42. The lowest BCUT2D eigenvalue weighted by atomic mass is 10.3. The molecule has 9 heavy (non-hydrogen) atoms. The number of alkyl halides is 1. The average Bonchev–Trinajstić information content (AvgIpc) is 2.41. The predicted molar refractivity (Wildman–Crippen MR) is 37.2 cm³/mol. The van der Waals surface area contributed by atoms with Gasteiger partial charge in [-0.3, -0.25) is 4.79 Å². The molecule has 1 saturated carbocycles. The molecule has 0 aromatic carbocycles. The molecule has 1 atom stereocenters. The van der Waals surface area contributed by atoms with Crippen LogP contribution in [0.1, 0.15) is 19.8 Å². The van der Waals surface area contributed by atoms with Crippen LogP contribution in [0.2, 0.25) is 0 Å². The highest BCUT2D eigenvalue weighted by atomic mass is 79.9. The summed E-state index contributed by atoms with van der Waals surface area (Å²) in [5.74, 6) is 0.530. The molecule has 2 nitrogen and oxygen atoms in total. The number of rotatable bonds is 3. The molecule has 0 saturated heterocycles. The lowest BCUT2D eigenvalue weighted by Crippen LogP contribution is -2.21. The monoisotopic (exact) mass is 192 g/mol. The van der Waals surface area contributed by atoms with Gasteiger partial charge >= 0.3 is 0 Å². The summed E-state index contributed by atoms with van der Waals surface area (Å²) in [5.41, 5.74) is 0. The highest BCUT2D eigenvalue weighted by Crippen LogP contribution is 2.44. The van der Waals surface area contributed by atoms with Crippen LogP contribution in [-0.4, -0.2) is 11.0 Å². The number of hydrogen-bond acceptors (Lipinski definition) is 2. The highest BCUT2D eigenvalue weighted by Gasteiger charge is 2.41. The van der Waals surface area contributed by atoms with Crippen LogP contribution in [0.5, 0.6) is 0 Å². The van der Waals surface area contributed by atoms with Crippen molar-refractivity contribution >= 4 is 22.4 Å². The Labute approximate surface area is 62.7 Å². The largest absolute Gasteiger partial charge is 0.450 e. The second kappa shape index (κ2) is 2.29. The van der Waals surface area contributed by atoms with Crippen molar-refractivity contribution in [3.05, 3.63) is 0 Å². The maximum Gasteiger partial charge on any atom is 0.294 e. The number of carbonyl (C=O) groups excluding carboxylic acids is 1. The summed E-state index contributed by atoms with van der Waals surface area (Å²) in [6.07, 6.45) is 2.32. The van der Waals surface area contributed by atoms with E-state index in [4.69, 9.17) is 4.74 Å². The van der Waals surface area contributed by atoms with E-state index in [-0.39, 0.29) is 0 Å². The lowest BCUT2D eigenvalue weighted by Gasteiger charge is -2.18. The van der Waals surface area contributed by atoms with Crippen LogP contribution >= 0.6 is 15.9 Å². The first-order valence-electron chi connectivity index (χ1n) is 2.97. The van der Waals surface area contributed by atoms with Crippen LogP contribution in [0.3, 0.4) is 0 Å². The van der Waals surface area contributed by atoms with Crippen molar-refractivity contribution in [3.63, 3.8) is 0 Å². The Morgan fingerprint density at radius 2 is 2.33 bits per heavy atom. The molecule has 1 rings (SSSR count). The van der Waals surface area contributed by atoms with Gasteiger partial charge in [0.05, 0.1) is 0 Å². The molecular formula is C6H9BrO2. The van der Waals surface area contributed by atoms with Gasteiger partial charge in [0.25, 0.3) is 6.47 Å². The van der Waals surface area contributed by atoms with Crippen molar-refractivity contribution in [2.45, 2.75) is 24.3 Å². The van der Waals surface area contributed by atoms with E-state index in [0.29, 0.717) is 12.4 Å². The van der Waals surface area contributed by atoms with Crippen molar-refractivity contribution in [3.8, 4) is 0 Å². The van der Waals surface area contributed by atoms with Crippen molar-refractivity contribution in [2.24, 2.45) is 5.92 Å². The van der Waals surface area contributed by atoms with E-state index in [2.05, 4.69) is 15.9 Å². The summed E-state index contributed by atoms with van der Waals surface area (Å²) < 4.78 is 4.40. The maximum atomic E-state index is 9.90. The van der Waals surface area contributed by atoms with Crippen LogP contribution < -0.4 is 0 Å². The van der Waals surface area contributed by atoms with E-state index in [1.54, 1.807) is 0 Å². The molecule has 0 aliphatic heterocycles. The molecule has 1 unspecified atom stereocenters. The third kappa shape index (κ3) is 1.68. The number of hydrogen-bond donors (Lipinski definition) is 0. The fourth-order valence-corrected chi connectivity index (χ4v) is 1.32. The van der Waals surface area contributed by atoms with Gasteiger partial charge in [0.15, 0.2) is 4.51 Å². The minimum absolute atomic E-state index is 0.394. The van der Waals surface area contributed by atoms with Crippen LogP contribution in [0.25, 0.3) is 0 Å². The van der Waals surface area contributed by atoms with E-state index in [9.17, 15) is 4.79 Å². The molecule has 1 aliphatic carbocycles. The smallest absolute Gasteiger partial charge is 0.294 e. The fraction of sp³-hybridized carbons (Fsp3) is 0.833. The van der Waals surface area contributed by atoms with E-state index < -0.39 is 4.51 Å². The molecule has 0 aromatic rings. The van der Waals surface area contributed by atoms with Crippen molar-refractivity contribution in [1.82, 2.24) is 0 Å². The normalized spacial score (nSPS) is 24.7. The Balaban J connectivity index is 2.38. The summed E-state index contributed by atoms with van der Waals surface area (Å²) in [6, 6.07) is 0. The molecule has 0 bridgehead atoms. The Morgan fingerprint density at radius 1 is 1.78 bits per heavy atom. The molecule has 0 heterocycles. The van der Waals surface area contributed by atoms with E-state index >= 15 is 0 Å². The summed E-state index contributed by atoms with van der Waals surface area (Å²) >= 11 is 3.32. The quantitative estimate of drug-likeness (QED) is 0.503. The second-order valence-corrected chi connectivity index (χ2v) is 4.05. The van der Waals surface area contributed by atoms with E-state index in [1.807, 2.05) is 6.92 Å². The van der Waals surface area contributed by atoms with Gasteiger partial charge in [-0.2, -0.15) is 0 Å². The van der Waals surface area contributed by atoms with Crippen molar-refractivity contribution < 1.29 is 9.53 Å². The first-order valence-corrected chi connectivity index (χ1v) is 3.76. The van der Waals surface area contributed by atoms with Crippen LogP contribution in [0.4, 0.5) is 0 Å². The Morgan fingerprint density at radius 3 is 2.67 bits per heavy atom. The Hall–Kier alpha value is -0.0500. The summed E-state index contributed by atoms with van der Waals surface area (Å²) in [5, 5.41) is 0. The SMILES string of the molecule is CC(Br)(OC=O)C1CC1. The fourth-order valence-electron chi connectivity index (χ4n) is 0.789. The lowest BCUT2D eigenvalue weighted by molar-refractivity contribution is -0.135. The van der Waals surface area contributed by atoms with Gasteiger partial charge in [-0.15, -0.1) is 0 Å². The second-order valence-electron chi connectivity index (χ2n) is 2.47. The van der Waals surface area contributed by atoms with Gasteiger partial charge in [-0.05, 0) is 35.7 Å². The van der Waals surface area contributed by atoms with E-state index in [0.717, 1.165) is 12.8 Å². The number of halogens is 1. The molecular weight excluding hydrogens is 184 g/mol. The molecule has 1 fully saturated rings. The van der Waals surface area contributed by atoms with Gasteiger partial charge < -0.3 is 4.74 Å². The standard InChI is InChI=1S/C6H9BrO2/c1-6(7,9-4-8)5-2-3-5/h4-5H,2-3H2,1H3. The predicted octanol–water partition coefficient (Wildman–Crippen LogP) is 1.68. The highest BCUT2D eigenvalue weighted by molar-refractivity contribution is 9.10. The molecule has 1 aliphatic rings. The van der Waals surface area contributed by atoms with Crippen molar-refractivity contribution in [2.75, 3.05) is 0 Å². The zero-order valence-electron chi connectivity index (χ0n) is 5.26. The molecule has 0 aromatic heterocycles. The van der Waals surface area contributed by atoms with Gasteiger partial charge in [0.2, 0.25) is 0 Å². The van der Waals surface area contributed by atoms with Crippen molar-refractivity contribution in [1.29, 1.82) is 0 Å². The van der Waals surface area contributed by atoms with Gasteiger partial charge in [-0.25, -0.2) is 0 Å². The molecule has 0 spiro atoms. The molecule has 0 N–H and O–H groups in total. The van der Waals surface area contributed by atoms with Gasteiger partial charge in [0.1, 0.15) is 0 Å². The first-order chi connectivity index (χ1) is 4.17. The van der Waals surface area contributed by atoms with Gasteiger partial charge in [0, 0.05) is 5.92 Å². The average molecular weight is 193 g/mol. The Kier molecular flexibility index (Phi) is 1.80. The molecule has 0 radical (unpaired) electrons. The molecule has 52 valence electrons. The first kappa shape index (κ1) is 7.06. The van der Waals surface area contributed by atoms with Crippen LogP contribution in [0.15, 0.2) is 0 Å².